The maximum atomic E-state index is 12.7. The number of rotatable bonds is 4. The minimum absolute atomic E-state index is 0.0516. The topological polar surface area (TPSA) is 62.5 Å². The number of carbonyl (C=O) groups excluding carboxylic acids is 1. The summed E-state index contributed by atoms with van der Waals surface area (Å²) in [6, 6.07) is 13.7. The molecule has 3 heterocycles. The number of nitrogens with one attached hydrogen (secondary N) is 1. The van der Waals surface area contributed by atoms with Crippen LogP contribution in [0.1, 0.15) is 37.1 Å². The molecular formula is C21H25N5O. The number of fused-ring (bicyclic) bond motifs is 1. The van der Waals surface area contributed by atoms with Crippen LogP contribution in [0, 0.1) is 6.92 Å². The van der Waals surface area contributed by atoms with Gasteiger partial charge in [0.25, 0.3) is 0 Å². The van der Waals surface area contributed by atoms with E-state index in [2.05, 4.69) is 24.8 Å². The Hall–Kier alpha value is -2.73. The molecule has 1 aliphatic rings. The van der Waals surface area contributed by atoms with Crippen LogP contribution in [0.3, 0.4) is 0 Å². The molecule has 2 aromatic heterocycles. The van der Waals surface area contributed by atoms with Crippen LogP contribution in [0.2, 0.25) is 0 Å². The van der Waals surface area contributed by atoms with Crippen LogP contribution < -0.4 is 5.32 Å². The van der Waals surface area contributed by atoms with Crippen LogP contribution in [0.15, 0.2) is 48.7 Å². The number of amides is 1. The van der Waals surface area contributed by atoms with Crippen molar-refractivity contribution >= 4 is 17.2 Å². The number of likely N-dealkylation sites (tertiary alicyclic amines) is 1. The molecule has 140 valence electrons. The zero-order valence-electron chi connectivity index (χ0n) is 15.8. The van der Waals surface area contributed by atoms with Crippen molar-refractivity contribution in [3.05, 3.63) is 60.0 Å². The van der Waals surface area contributed by atoms with Gasteiger partial charge in [0.1, 0.15) is 5.82 Å². The van der Waals surface area contributed by atoms with Gasteiger partial charge in [0, 0.05) is 17.8 Å². The van der Waals surface area contributed by atoms with Crippen LogP contribution in [0.4, 0.5) is 5.69 Å². The lowest BCUT2D eigenvalue weighted by Crippen LogP contribution is -2.46. The number of benzene rings is 1. The third-order valence-corrected chi connectivity index (χ3v) is 5.56. The Kier molecular flexibility index (Phi) is 4.90. The van der Waals surface area contributed by atoms with Gasteiger partial charge in [-0.1, -0.05) is 24.3 Å². The average Bonchev–Trinajstić information content (AvgIpc) is 3.13. The van der Waals surface area contributed by atoms with Crippen molar-refractivity contribution in [3.63, 3.8) is 0 Å². The second-order valence-corrected chi connectivity index (χ2v) is 7.28. The summed E-state index contributed by atoms with van der Waals surface area (Å²) in [7, 11) is 0. The highest BCUT2D eigenvalue weighted by molar-refractivity contribution is 5.95. The van der Waals surface area contributed by atoms with Gasteiger partial charge in [-0.3, -0.25) is 14.1 Å². The lowest BCUT2D eigenvalue weighted by atomic mass is 9.95. The molecule has 0 unspecified atom stereocenters. The Morgan fingerprint density at radius 1 is 1.11 bits per heavy atom. The lowest BCUT2D eigenvalue weighted by Gasteiger charge is -2.34. The molecule has 1 fully saturated rings. The quantitative estimate of drug-likeness (QED) is 0.773. The van der Waals surface area contributed by atoms with E-state index in [1.54, 1.807) is 0 Å². The summed E-state index contributed by atoms with van der Waals surface area (Å²) >= 11 is 0. The Balaban J connectivity index is 1.38. The van der Waals surface area contributed by atoms with Gasteiger partial charge in [-0.05, 0) is 63.5 Å². The first-order chi connectivity index (χ1) is 13.1. The van der Waals surface area contributed by atoms with E-state index < -0.39 is 0 Å². The zero-order chi connectivity index (χ0) is 18.8. The van der Waals surface area contributed by atoms with E-state index in [1.165, 1.54) is 0 Å². The maximum Gasteiger partial charge on any atom is 0.241 e. The van der Waals surface area contributed by atoms with Crippen LogP contribution in [0.25, 0.3) is 5.65 Å². The second-order valence-electron chi connectivity index (χ2n) is 7.28. The summed E-state index contributed by atoms with van der Waals surface area (Å²) in [5, 5.41) is 11.7. The van der Waals surface area contributed by atoms with Crippen molar-refractivity contribution in [3.8, 4) is 0 Å². The van der Waals surface area contributed by atoms with Gasteiger partial charge in [0.15, 0.2) is 5.65 Å². The molecule has 1 saturated heterocycles. The molecule has 6 heteroatoms. The zero-order valence-corrected chi connectivity index (χ0v) is 15.8. The van der Waals surface area contributed by atoms with Crippen molar-refractivity contribution < 1.29 is 4.79 Å². The molecule has 1 amide bonds. The van der Waals surface area contributed by atoms with Gasteiger partial charge in [-0.2, -0.15) is 0 Å². The number of hydrogen-bond acceptors (Lipinski definition) is 4. The van der Waals surface area contributed by atoms with E-state index in [1.807, 2.05) is 62.5 Å². The Morgan fingerprint density at radius 2 is 1.85 bits per heavy atom. The van der Waals surface area contributed by atoms with Crippen LogP contribution in [0.5, 0.6) is 0 Å². The molecule has 0 bridgehead atoms. The van der Waals surface area contributed by atoms with Crippen molar-refractivity contribution in [1.29, 1.82) is 0 Å². The van der Waals surface area contributed by atoms with E-state index in [-0.39, 0.29) is 11.9 Å². The smallest absolute Gasteiger partial charge is 0.241 e. The van der Waals surface area contributed by atoms with Crippen LogP contribution in [-0.4, -0.2) is 44.5 Å². The van der Waals surface area contributed by atoms with Crippen molar-refractivity contribution in [1.82, 2.24) is 19.5 Å². The third-order valence-electron chi connectivity index (χ3n) is 5.56. The monoisotopic (exact) mass is 363 g/mol. The summed E-state index contributed by atoms with van der Waals surface area (Å²) in [6.45, 7) is 5.76. The number of aryl methyl sites for hydroxylation is 1. The summed E-state index contributed by atoms with van der Waals surface area (Å²) in [5.74, 6) is 1.46. The molecule has 1 atom stereocenters. The molecule has 0 spiro atoms. The number of anilines is 1. The average molecular weight is 363 g/mol. The predicted molar refractivity (Wildman–Crippen MR) is 106 cm³/mol. The highest BCUT2D eigenvalue weighted by Gasteiger charge is 2.29. The maximum absolute atomic E-state index is 12.7. The Morgan fingerprint density at radius 3 is 2.63 bits per heavy atom. The van der Waals surface area contributed by atoms with E-state index >= 15 is 0 Å². The van der Waals surface area contributed by atoms with Crippen molar-refractivity contribution in [2.24, 2.45) is 0 Å². The van der Waals surface area contributed by atoms with Crippen molar-refractivity contribution in [2.45, 2.75) is 38.6 Å². The molecule has 27 heavy (non-hydrogen) atoms. The summed E-state index contributed by atoms with van der Waals surface area (Å²) in [4.78, 5) is 14.9. The van der Waals surface area contributed by atoms with E-state index in [9.17, 15) is 4.79 Å². The number of aromatic nitrogens is 3. The summed E-state index contributed by atoms with van der Waals surface area (Å²) in [6.07, 6.45) is 3.99. The first-order valence-electron chi connectivity index (χ1n) is 9.53. The molecule has 1 aliphatic heterocycles. The normalized spacial score (nSPS) is 17.1. The van der Waals surface area contributed by atoms with Gasteiger partial charge < -0.3 is 5.32 Å². The molecule has 6 nitrogen and oxygen atoms in total. The molecule has 1 N–H and O–H groups in total. The number of nitrogens with zero attached hydrogens (tertiary/aromatic N) is 4. The molecular weight excluding hydrogens is 338 g/mol. The molecule has 4 rings (SSSR count). The number of hydrogen-bond donors (Lipinski definition) is 1. The van der Waals surface area contributed by atoms with Gasteiger partial charge in [0.05, 0.1) is 6.04 Å². The summed E-state index contributed by atoms with van der Waals surface area (Å²) in [5.41, 5.74) is 2.86. The number of para-hydroxylation sites is 1. The van der Waals surface area contributed by atoms with E-state index in [0.29, 0.717) is 5.92 Å². The van der Waals surface area contributed by atoms with Gasteiger partial charge in [-0.15, -0.1) is 10.2 Å². The highest BCUT2D eigenvalue weighted by atomic mass is 16.2. The van der Waals surface area contributed by atoms with Crippen molar-refractivity contribution in [2.75, 3.05) is 18.4 Å². The number of piperidine rings is 1. The number of pyridine rings is 1. The Bertz CT molecular complexity index is 942. The molecule has 3 aromatic rings. The third kappa shape index (κ3) is 3.57. The minimum Gasteiger partial charge on any atom is -0.324 e. The van der Waals surface area contributed by atoms with Gasteiger partial charge >= 0.3 is 0 Å². The van der Waals surface area contributed by atoms with E-state index in [4.69, 9.17) is 0 Å². The largest absolute Gasteiger partial charge is 0.324 e. The Labute approximate surface area is 159 Å². The van der Waals surface area contributed by atoms with Gasteiger partial charge in [0.2, 0.25) is 5.91 Å². The second kappa shape index (κ2) is 7.48. The first kappa shape index (κ1) is 17.7. The van der Waals surface area contributed by atoms with Gasteiger partial charge in [-0.25, -0.2) is 0 Å². The molecule has 0 radical (unpaired) electrons. The highest BCUT2D eigenvalue weighted by Crippen LogP contribution is 2.28. The van der Waals surface area contributed by atoms with E-state index in [0.717, 1.165) is 48.7 Å². The molecule has 1 aromatic carbocycles. The minimum atomic E-state index is -0.152. The fourth-order valence-corrected chi connectivity index (χ4v) is 3.80. The SMILES string of the molecule is Cc1ccccc1NC(=O)[C@@H](C)N1CCC(c2nnc3ccccn23)CC1. The lowest BCUT2D eigenvalue weighted by molar-refractivity contribution is -0.121. The summed E-state index contributed by atoms with van der Waals surface area (Å²) < 4.78 is 2.08. The predicted octanol–water partition coefficient (Wildman–Crippen LogP) is 3.24. The van der Waals surface area contributed by atoms with Crippen LogP contribution in [-0.2, 0) is 4.79 Å². The first-order valence-corrected chi connectivity index (χ1v) is 9.53. The molecule has 0 aliphatic carbocycles. The molecule has 0 saturated carbocycles. The fraction of sp³-hybridized carbons (Fsp3) is 0.381. The fourth-order valence-electron chi connectivity index (χ4n) is 3.80. The standard InChI is InChI=1S/C21H25N5O/c1-15-7-3-4-8-18(15)22-21(27)16(2)25-13-10-17(11-14-25)20-24-23-19-9-5-6-12-26(19)20/h3-9,12,16-17H,10-11,13-14H2,1-2H3,(H,22,27)/t16-/m1/s1. The van der Waals surface area contributed by atoms with Crippen LogP contribution >= 0.6 is 0 Å². The number of carbonyl (C=O) groups is 1.